The van der Waals surface area contributed by atoms with Crippen molar-refractivity contribution in [3.63, 3.8) is 0 Å². The molecule has 0 radical (unpaired) electrons. The number of alkyl halides is 4. The van der Waals surface area contributed by atoms with Gasteiger partial charge in [0, 0.05) is 53.4 Å². The van der Waals surface area contributed by atoms with Crippen LogP contribution in [0.2, 0.25) is 5.02 Å². The molecule has 292 valence electrons. The van der Waals surface area contributed by atoms with Crippen molar-refractivity contribution in [3.8, 4) is 23.0 Å². The third-order valence-corrected chi connectivity index (χ3v) is 10.3. The number of aliphatic hydroxyl groups is 1. The van der Waals surface area contributed by atoms with Gasteiger partial charge in [0.25, 0.3) is 12.3 Å². The molecule has 2 aromatic carbocycles. The van der Waals surface area contributed by atoms with Crippen molar-refractivity contribution in [2.75, 3.05) is 7.11 Å². The van der Waals surface area contributed by atoms with E-state index in [1.807, 2.05) is 0 Å². The molecule has 5 aromatic rings. The van der Waals surface area contributed by atoms with Crippen LogP contribution in [0, 0.1) is 29.4 Å². The number of halogens is 7. The third kappa shape index (κ3) is 7.39. The van der Waals surface area contributed by atoms with E-state index in [2.05, 4.69) is 22.0 Å². The largest absolute Gasteiger partial charge is 0.469 e. The zero-order chi connectivity index (χ0) is 40.4. The number of pyridine rings is 1. The molecule has 0 saturated heterocycles. The number of ketones is 1. The Kier molecular flexibility index (Phi) is 10.0. The van der Waals surface area contributed by atoms with Crippen LogP contribution < -0.4 is 0 Å². The summed E-state index contributed by atoms with van der Waals surface area (Å²) in [7, 11) is 2.86. The minimum absolute atomic E-state index is 0.0472. The first kappa shape index (κ1) is 39.1. The van der Waals surface area contributed by atoms with E-state index in [4.69, 9.17) is 21.3 Å². The highest BCUT2D eigenvalue weighted by molar-refractivity contribution is 6.36. The molecule has 56 heavy (non-hydrogen) atoms. The number of Topliss-reactive ketones (excluding diaryl/α,β-unsaturated/α-hetero) is 1. The van der Waals surface area contributed by atoms with Gasteiger partial charge in [-0.15, -0.1) is 0 Å². The molecular formula is C40H34ClF6N5O4. The molecule has 3 aromatic heterocycles. The fourth-order valence-electron chi connectivity index (χ4n) is 7.67. The first-order chi connectivity index (χ1) is 26.4. The summed E-state index contributed by atoms with van der Waals surface area (Å²) in [6.07, 6.45) is -3.96. The summed E-state index contributed by atoms with van der Waals surface area (Å²) in [6, 6.07) is 9.32. The van der Waals surface area contributed by atoms with Crippen molar-refractivity contribution in [3.05, 3.63) is 98.7 Å². The second-order valence-corrected chi connectivity index (χ2v) is 15.1. The third-order valence-electron chi connectivity index (χ3n) is 10.0. The minimum Gasteiger partial charge on any atom is -0.469 e. The summed E-state index contributed by atoms with van der Waals surface area (Å²) >= 11 is 6.66. The van der Waals surface area contributed by atoms with E-state index in [9.17, 15) is 32.3 Å². The average Bonchev–Trinajstić information content (AvgIpc) is 3.65. The molecule has 16 heteroatoms. The molecule has 7 rings (SSSR count). The first-order valence-electron chi connectivity index (χ1n) is 17.6. The molecule has 1 N–H and O–H groups in total. The molecule has 9 nitrogen and oxygen atoms in total. The minimum atomic E-state index is -3.46. The molecule has 0 amide bonds. The summed E-state index contributed by atoms with van der Waals surface area (Å²) in [5.41, 5.74) is -0.984. The molecule has 1 fully saturated rings. The van der Waals surface area contributed by atoms with Crippen LogP contribution in [0.5, 0.6) is 0 Å². The van der Waals surface area contributed by atoms with Gasteiger partial charge in [-0.1, -0.05) is 23.6 Å². The lowest BCUT2D eigenvalue weighted by molar-refractivity contribution is -0.139. The van der Waals surface area contributed by atoms with Crippen LogP contribution in [0.25, 0.3) is 22.0 Å². The van der Waals surface area contributed by atoms with Crippen LogP contribution in [0.3, 0.4) is 0 Å². The van der Waals surface area contributed by atoms with Crippen LogP contribution >= 0.6 is 11.6 Å². The standard InChI is InChI=1S/C40H34ClF6N5O4/c1-39(2,55)10-9-23-5-6-25(26-7-8-29(41)33-30(17-31(54)56-4)49-51(3)36(26)33)34(48-23)20(11-19-12-21(42)15-22(43)13-19)14-24(53)18-52-37-32(35(50-52)38(44)45)27-16-28(27)40(37,46)47/h5-8,12-13,15,20,27-28,38,55H,11,14,16-18H2,1-4H3/t20-,27+,28-/m1/s1. The van der Waals surface area contributed by atoms with Crippen molar-refractivity contribution in [1.29, 1.82) is 0 Å². The highest BCUT2D eigenvalue weighted by Gasteiger charge is 2.67. The summed E-state index contributed by atoms with van der Waals surface area (Å²) in [6.45, 7) is 2.15. The molecule has 3 heterocycles. The highest BCUT2D eigenvalue weighted by atomic mass is 35.5. The number of aryl methyl sites for hydroxylation is 1. The number of esters is 1. The maximum Gasteiger partial charge on any atom is 0.311 e. The molecule has 0 unspecified atom stereocenters. The summed E-state index contributed by atoms with van der Waals surface area (Å²) in [5, 5.41) is 19.3. The Labute approximate surface area is 321 Å². The Morgan fingerprint density at radius 2 is 1.77 bits per heavy atom. The Hall–Kier alpha value is -5.20. The molecule has 0 bridgehead atoms. The second kappa shape index (κ2) is 14.4. The number of aromatic nitrogens is 5. The fraction of sp³-hybridized carbons (Fsp3) is 0.375. The van der Waals surface area contributed by atoms with Crippen molar-refractivity contribution in [1.82, 2.24) is 24.5 Å². The van der Waals surface area contributed by atoms with Gasteiger partial charge in [0.2, 0.25) is 0 Å². The number of ether oxygens (including phenoxy) is 1. The van der Waals surface area contributed by atoms with Gasteiger partial charge in [0.05, 0.1) is 35.5 Å². The van der Waals surface area contributed by atoms with E-state index in [0.717, 1.165) is 12.1 Å². The molecule has 2 aliphatic rings. The van der Waals surface area contributed by atoms with Gasteiger partial charge >= 0.3 is 5.97 Å². The number of carbonyl (C=O) groups excluding carboxylic acids is 2. The Morgan fingerprint density at radius 3 is 2.43 bits per heavy atom. The van der Waals surface area contributed by atoms with Gasteiger partial charge in [0.15, 0.2) is 5.78 Å². The molecule has 0 aliphatic heterocycles. The quantitative estimate of drug-likeness (QED) is 0.0828. The maximum atomic E-state index is 15.4. The summed E-state index contributed by atoms with van der Waals surface area (Å²) < 4.78 is 95.0. The van der Waals surface area contributed by atoms with Crippen molar-refractivity contribution in [2.24, 2.45) is 13.0 Å². The summed E-state index contributed by atoms with van der Waals surface area (Å²) in [4.78, 5) is 31.1. The fourth-order valence-corrected chi connectivity index (χ4v) is 7.93. The smallest absolute Gasteiger partial charge is 0.311 e. The number of fused-ring (bicyclic) bond motifs is 4. The number of benzene rings is 2. The van der Waals surface area contributed by atoms with Crippen molar-refractivity contribution < 1.29 is 45.8 Å². The van der Waals surface area contributed by atoms with Gasteiger partial charge in [-0.2, -0.15) is 19.0 Å². The number of methoxy groups -OCH3 is 1. The van der Waals surface area contributed by atoms with Crippen LogP contribution in [-0.2, 0) is 46.7 Å². The average molecular weight is 798 g/mol. The van der Waals surface area contributed by atoms with Crippen LogP contribution in [0.4, 0.5) is 26.3 Å². The molecule has 0 spiro atoms. The van der Waals surface area contributed by atoms with Gasteiger partial charge in [0.1, 0.15) is 40.9 Å². The highest BCUT2D eigenvalue weighted by Crippen LogP contribution is 2.68. The zero-order valence-corrected chi connectivity index (χ0v) is 31.2. The summed E-state index contributed by atoms with van der Waals surface area (Å²) in [5.74, 6) is -3.93. The first-order valence-corrected chi connectivity index (χ1v) is 18.0. The van der Waals surface area contributed by atoms with Crippen LogP contribution in [-0.4, -0.2) is 54.1 Å². The van der Waals surface area contributed by atoms with E-state index >= 15 is 8.78 Å². The lowest BCUT2D eigenvalue weighted by Crippen LogP contribution is -2.24. The predicted molar refractivity (Wildman–Crippen MR) is 192 cm³/mol. The Balaban J connectivity index is 1.38. The van der Waals surface area contributed by atoms with E-state index in [1.54, 1.807) is 31.3 Å². The monoisotopic (exact) mass is 797 g/mol. The zero-order valence-electron chi connectivity index (χ0n) is 30.4. The van der Waals surface area contributed by atoms with Crippen LogP contribution in [0.15, 0.2) is 42.5 Å². The van der Waals surface area contributed by atoms with Gasteiger partial charge < -0.3 is 9.84 Å². The molecule has 1 saturated carbocycles. The lowest BCUT2D eigenvalue weighted by Gasteiger charge is -2.22. The van der Waals surface area contributed by atoms with Gasteiger partial charge in [-0.25, -0.2) is 22.5 Å². The number of rotatable bonds is 11. The topological polar surface area (TPSA) is 112 Å². The van der Waals surface area contributed by atoms with Crippen molar-refractivity contribution in [2.45, 2.75) is 75.9 Å². The predicted octanol–water partition coefficient (Wildman–Crippen LogP) is 7.73. The molecule has 2 aliphatic carbocycles. The number of hydrogen-bond acceptors (Lipinski definition) is 7. The Morgan fingerprint density at radius 1 is 1.07 bits per heavy atom. The number of nitrogens with zero attached hydrogens (tertiary/aromatic N) is 5. The second-order valence-electron chi connectivity index (χ2n) is 14.7. The lowest BCUT2D eigenvalue weighted by atomic mass is 9.86. The van der Waals surface area contributed by atoms with Crippen LogP contribution in [0.1, 0.15) is 84.5 Å². The number of carbonyl (C=O) groups is 2. The van der Waals surface area contributed by atoms with E-state index in [-0.39, 0.29) is 46.8 Å². The molecule has 3 atom stereocenters. The SMILES string of the molecule is COC(=O)Cc1nn(C)c2c(-c3ccc(C#CC(C)(C)O)nc3[C@@H](CC(=O)Cn3nc(C(F)F)c4c3C(F)(F)[C@@H]3C[C@H]43)Cc3cc(F)cc(F)c3)ccc(Cl)c12. The van der Waals surface area contributed by atoms with Gasteiger partial charge in [-0.05, 0) is 74.4 Å². The Bertz CT molecular complexity index is 2460. The van der Waals surface area contributed by atoms with E-state index in [1.165, 1.54) is 25.6 Å². The van der Waals surface area contributed by atoms with E-state index in [0.29, 0.717) is 38.5 Å². The number of hydrogen-bond donors (Lipinski definition) is 1. The van der Waals surface area contributed by atoms with Crippen molar-refractivity contribution >= 4 is 34.3 Å². The molecular weight excluding hydrogens is 764 g/mol. The van der Waals surface area contributed by atoms with Gasteiger partial charge in [-0.3, -0.25) is 19.0 Å². The normalized spacial score (nSPS) is 17.4. The maximum absolute atomic E-state index is 15.4. The van der Waals surface area contributed by atoms with E-state index < -0.39 is 83.4 Å².